The number of amides is 2. The molecule has 0 aliphatic heterocycles. The predicted molar refractivity (Wildman–Crippen MR) is 65.1 cm³/mol. The zero-order valence-electron chi connectivity index (χ0n) is 10.0. The standard InChI is InChI=1S/C12H17N3O2/c1-15(2)10(8-14-12(17)11(13)16)9-6-4-3-5-7-9/h3-7,10H,8H2,1-2H3,(H2,13,16)(H,14,17). The van der Waals surface area contributed by atoms with E-state index in [0.29, 0.717) is 6.54 Å². The minimum absolute atomic E-state index is 0.0134. The van der Waals surface area contributed by atoms with Gasteiger partial charge in [-0.2, -0.15) is 0 Å². The number of hydrogen-bond donors (Lipinski definition) is 2. The molecule has 0 aliphatic rings. The number of benzene rings is 1. The third kappa shape index (κ3) is 3.88. The van der Waals surface area contributed by atoms with Gasteiger partial charge in [0.15, 0.2) is 0 Å². The molecule has 92 valence electrons. The van der Waals surface area contributed by atoms with Crippen LogP contribution in [0, 0.1) is 0 Å². The Kier molecular flexibility index (Phi) is 4.66. The molecule has 0 aromatic heterocycles. The minimum atomic E-state index is -0.962. The molecular weight excluding hydrogens is 218 g/mol. The van der Waals surface area contributed by atoms with Gasteiger partial charge in [0.1, 0.15) is 0 Å². The molecule has 0 aliphatic carbocycles. The molecule has 0 bridgehead atoms. The molecule has 1 aromatic rings. The zero-order valence-corrected chi connectivity index (χ0v) is 10.0. The van der Waals surface area contributed by atoms with Crippen molar-refractivity contribution >= 4 is 11.8 Å². The van der Waals surface area contributed by atoms with Crippen molar-refractivity contribution in [3.8, 4) is 0 Å². The molecule has 3 N–H and O–H groups in total. The second-order valence-corrected chi connectivity index (χ2v) is 3.96. The molecule has 17 heavy (non-hydrogen) atoms. The number of hydrogen-bond acceptors (Lipinski definition) is 3. The molecule has 0 fully saturated rings. The Morgan fingerprint density at radius 3 is 2.35 bits per heavy atom. The summed E-state index contributed by atoms with van der Waals surface area (Å²) in [5.74, 6) is -1.72. The first-order valence-electron chi connectivity index (χ1n) is 5.31. The van der Waals surface area contributed by atoms with Crippen molar-refractivity contribution < 1.29 is 9.59 Å². The van der Waals surface area contributed by atoms with E-state index in [4.69, 9.17) is 5.73 Å². The highest BCUT2D eigenvalue weighted by Gasteiger charge is 2.16. The maximum atomic E-state index is 11.1. The highest BCUT2D eigenvalue weighted by molar-refractivity contribution is 6.34. The van der Waals surface area contributed by atoms with Crippen molar-refractivity contribution in [2.75, 3.05) is 20.6 Å². The van der Waals surface area contributed by atoms with Gasteiger partial charge in [0, 0.05) is 6.54 Å². The monoisotopic (exact) mass is 235 g/mol. The molecular formula is C12H17N3O2. The van der Waals surface area contributed by atoms with E-state index in [2.05, 4.69) is 5.32 Å². The van der Waals surface area contributed by atoms with Gasteiger partial charge in [-0.15, -0.1) is 0 Å². The van der Waals surface area contributed by atoms with Gasteiger partial charge in [-0.25, -0.2) is 0 Å². The first-order valence-corrected chi connectivity index (χ1v) is 5.31. The lowest BCUT2D eigenvalue weighted by Crippen LogP contribution is -2.40. The molecule has 0 spiro atoms. The Balaban J connectivity index is 2.69. The van der Waals surface area contributed by atoms with Crippen LogP contribution in [0.2, 0.25) is 0 Å². The van der Waals surface area contributed by atoms with E-state index in [1.54, 1.807) is 0 Å². The molecule has 5 nitrogen and oxygen atoms in total. The summed E-state index contributed by atoms with van der Waals surface area (Å²) >= 11 is 0. The van der Waals surface area contributed by atoms with Crippen molar-refractivity contribution in [2.45, 2.75) is 6.04 Å². The van der Waals surface area contributed by atoms with Crippen molar-refractivity contribution in [2.24, 2.45) is 5.73 Å². The summed E-state index contributed by atoms with van der Waals surface area (Å²) in [5.41, 5.74) is 5.94. The lowest BCUT2D eigenvalue weighted by atomic mass is 10.1. The lowest BCUT2D eigenvalue weighted by molar-refractivity contribution is -0.137. The smallest absolute Gasteiger partial charge is 0.309 e. The third-order valence-electron chi connectivity index (χ3n) is 2.49. The number of likely N-dealkylation sites (N-methyl/N-ethyl adjacent to an activating group) is 1. The molecule has 1 atom stereocenters. The Bertz CT molecular complexity index is 390. The normalized spacial score (nSPS) is 12.2. The van der Waals surface area contributed by atoms with Crippen LogP contribution in [0.25, 0.3) is 0 Å². The molecule has 0 radical (unpaired) electrons. The highest BCUT2D eigenvalue weighted by Crippen LogP contribution is 2.16. The van der Waals surface area contributed by atoms with Crippen molar-refractivity contribution in [1.82, 2.24) is 10.2 Å². The average molecular weight is 235 g/mol. The Labute approximate surface area is 101 Å². The number of nitrogens with one attached hydrogen (secondary N) is 1. The molecule has 1 aromatic carbocycles. The molecule has 0 saturated heterocycles. The van der Waals surface area contributed by atoms with Gasteiger partial charge in [-0.05, 0) is 19.7 Å². The van der Waals surface area contributed by atoms with Crippen LogP contribution in [0.5, 0.6) is 0 Å². The molecule has 0 saturated carbocycles. The van der Waals surface area contributed by atoms with Gasteiger partial charge in [0.25, 0.3) is 0 Å². The van der Waals surface area contributed by atoms with E-state index >= 15 is 0 Å². The quantitative estimate of drug-likeness (QED) is 0.715. The van der Waals surface area contributed by atoms with Crippen LogP contribution in [-0.4, -0.2) is 37.4 Å². The maximum absolute atomic E-state index is 11.1. The van der Waals surface area contributed by atoms with E-state index in [-0.39, 0.29) is 6.04 Å². The van der Waals surface area contributed by atoms with Gasteiger partial charge < -0.3 is 16.0 Å². The summed E-state index contributed by atoms with van der Waals surface area (Å²) in [6.45, 7) is 0.346. The first-order chi connectivity index (χ1) is 8.02. The molecule has 1 unspecified atom stereocenters. The third-order valence-corrected chi connectivity index (χ3v) is 2.49. The fraction of sp³-hybridized carbons (Fsp3) is 0.333. The van der Waals surface area contributed by atoms with Crippen molar-refractivity contribution in [3.05, 3.63) is 35.9 Å². The van der Waals surface area contributed by atoms with Gasteiger partial charge in [0.2, 0.25) is 0 Å². The summed E-state index contributed by atoms with van der Waals surface area (Å²) in [5, 5.41) is 2.51. The van der Waals surface area contributed by atoms with E-state index < -0.39 is 11.8 Å². The van der Waals surface area contributed by atoms with Gasteiger partial charge in [0.05, 0.1) is 6.04 Å². The number of nitrogens with zero attached hydrogens (tertiary/aromatic N) is 1. The van der Waals surface area contributed by atoms with Crippen LogP contribution in [-0.2, 0) is 9.59 Å². The second kappa shape index (κ2) is 6.00. The number of carbonyl (C=O) groups is 2. The molecule has 5 heteroatoms. The number of rotatable bonds is 4. The Morgan fingerprint density at radius 2 is 1.88 bits per heavy atom. The van der Waals surface area contributed by atoms with Crippen LogP contribution in [0.15, 0.2) is 30.3 Å². The largest absolute Gasteiger partial charge is 0.361 e. The molecule has 0 heterocycles. The van der Waals surface area contributed by atoms with Gasteiger partial charge in [-0.3, -0.25) is 9.59 Å². The predicted octanol–water partition coefficient (Wildman–Crippen LogP) is -0.109. The van der Waals surface area contributed by atoms with Crippen LogP contribution in [0.3, 0.4) is 0 Å². The fourth-order valence-corrected chi connectivity index (χ4v) is 1.55. The second-order valence-electron chi connectivity index (χ2n) is 3.96. The number of carbonyl (C=O) groups excluding carboxylic acids is 2. The van der Waals surface area contributed by atoms with Crippen LogP contribution in [0.1, 0.15) is 11.6 Å². The van der Waals surface area contributed by atoms with E-state index in [9.17, 15) is 9.59 Å². The van der Waals surface area contributed by atoms with E-state index in [1.807, 2.05) is 49.3 Å². The Hall–Kier alpha value is -1.88. The highest BCUT2D eigenvalue weighted by atomic mass is 16.2. The minimum Gasteiger partial charge on any atom is -0.361 e. The van der Waals surface area contributed by atoms with E-state index in [0.717, 1.165) is 5.56 Å². The van der Waals surface area contributed by atoms with Gasteiger partial charge >= 0.3 is 11.8 Å². The number of primary amides is 1. The molecule has 2 amide bonds. The molecule has 1 rings (SSSR count). The SMILES string of the molecule is CN(C)C(CNC(=O)C(N)=O)c1ccccc1. The fourth-order valence-electron chi connectivity index (χ4n) is 1.55. The zero-order chi connectivity index (χ0) is 12.8. The summed E-state index contributed by atoms with van der Waals surface area (Å²) < 4.78 is 0. The summed E-state index contributed by atoms with van der Waals surface area (Å²) in [7, 11) is 3.82. The maximum Gasteiger partial charge on any atom is 0.309 e. The van der Waals surface area contributed by atoms with Gasteiger partial charge in [-0.1, -0.05) is 30.3 Å². The van der Waals surface area contributed by atoms with Crippen LogP contribution >= 0.6 is 0 Å². The summed E-state index contributed by atoms with van der Waals surface area (Å²) in [4.78, 5) is 23.7. The first kappa shape index (κ1) is 13.2. The topological polar surface area (TPSA) is 75.4 Å². The Morgan fingerprint density at radius 1 is 1.29 bits per heavy atom. The number of nitrogens with two attached hydrogens (primary N) is 1. The van der Waals surface area contributed by atoms with Crippen molar-refractivity contribution in [3.63, 3.8) is 0 Å². The van der Waals surface area contributed by atoms with E-state index in [1.165, 1.54) is 0 Å². The van der Waals surface area contributed by atoms with Crippen LogP contribution in [0.4, 0.5) is 0 Å². The summed E-state index contributed by atoms with van der Waals surface area (Å²) in [6.07, 6.45) is 0. The lowest BCUT2D eigenvalue weighted by Gasteiger charge is -2.24. The summed E-state index contributed by atoms with van der Waals surface area (Å²) in [6, 6.07) is 9.75. The average Bonchev–Trinajstić information content (AvgIpc) is 2.29. The van der Waals surface area contributed by atoms with Crippen molar-refractivity contribution in [1.29, 1.82) is 0 Å². The van der Waals surface area contributed by atoms with Crippen LogP contribution < -0.4 is 11.1 Å².